The highest BCUT2D eigenvalue weighted by Crippen LogP contribution is 2.23. The summed E-state index contributed by atoms with van der Waals surface area (Å²) in [6.45, 7) is 0. The second-order valence-electron chi connectivity index (χ2n) is 3.75. The van der Waals surface area contributed by atoms with Gasteiger partial charge in [0.2, 0.25) is 0 Å². The first-order valence-corrected chi connectivity index (χ1v) is 6.78. The van der Waals surface area contributed by atoms with Crippen molar-refractivity contribution in [2.75, 3.05) is 4.61 Å². The highest BCUT2D eigenvalue weighted by atomic mass is 127. The van der Waals surface area contributed by atoms with Gasteiger partial charge in [0.1, 0.15) is 10.7 Å². The lowest BCUT2D eigenvalue weighted by atomic mass is 9.90. The number of hydrogen-bond donors (Lipinski definition) is 0. The van der Waals surface area contributed by atoms with E-state index in [-0.39, 0.29) is 6.10 Å². The molecule has 0 saturated carbocycles. The molecule has 0 aromatic heterocycles. The van der Waals surface area contributed by atoms with Crippen molar-refractivity contribution in [2.45, 2.75) is 25.4 Å². The normalized spacial score (nSPS) is 18.7. The van der Waals surface area contributed by atoms with Gasteiger partial charge in [-0.3, -0.25) is 0 Å². The molecule has 3 nitrogen and oxygen atoms in total. The van der Waals surface area contributed by atoms with Gasteiger partial charge in [0.25, 0.3) is 0 Å². The molecule has 1 aromatic carbocycles. The molecule has 16 heavy (non-hydrogen) atoms. The van der Waals surface area contributed by atoms with Crippen molar-refractivity contribution in [1.82, 2.24) is 0 Å². The Morgan fingerprint density at radius 3 is 2.88 bits per heavy atom. The third kappa shape index (κ3) is 2.87. The molecule has 0 spiro atoms. The van der Waals surface area contributed by atoms with Gasteiger partial charge in [-0.15, -0.1) is 0 Å². The molecule has 0 aliphatic heterocycles. The highest BCUT2D eigenvalue weighted by molar-refractivity contribution is 14.1. The van der Waals surface area contributed by atoms with E-state index in [1.807, 2.05) is 34.7 Å². The molecule has 1 aliphatic carbocycles. The summed E-state index contributed by atoms with van der Waals surface area (Å²) in [7, 11) is 0. The molecule has 0 saturated heterocycles. The Morgan fingerprint density at radius 1 is 1.38 bits per heavy atom. The van der Waals surface area contributed by atoms with E-state index in [1.54, 1.807) is 0 Å². The third-order valence-electron chi connectivity index (χ3n) is 2.74. The van der Waals surface area contributed by atoms with E-state index >= 15 is 0 Å². The minimum Gasteiger partial charge on any atom is -0.431 e. The summed E-state index contributed by atoms with van der Waals surface area (Å²) in [5.74, 6) is 0. The maximum absolute atomic E-state index is 11.2. The number of rotatable bonds is 2. The molecule has 0 bridgehead atoms. The van der Waals surface area contributed by atoms with Crippen molar-refractivity contribution in [3.8, 4) is 0 Å². The zero-order valence-electron chi connectivity index (χ0n) is 8.82. The number of halogens is 1. The van der Waals surface area contributed by atoms with Crippen LogP contribution in [0.1, 0.15) is 17.5 Å². The molecule has 1 aromatic rings. The fourth-order valence-corrected chi connectivity index (χ4v) is 2.23. The van der Waals surface area contributed by atoms with Crippen LogP contribution in [0.5, 0.6) is 0 Å². The fraction of sp³-hybridized carbons (Fsp3) is 0.417. The number of alkyl halides is 1. The average molecular weight is 332 g/mol. The second kappa shape index (κ2) is 5.52. The summed E-state index contributed by atoms with van der Waals surface area (Å²) in [6, 6.07) is 8.29. The van der Waals surface area contributed by atoms with Crippen LogP contribution >= 0.6 is 22.6 Å². The SMILES string of the molecule is O=C(OCI)OC1CCc2ccccc2C1. The lowest BCUT2D eigenvalue weighted by Crippen LogP contribution is -2.25. The summed E-state index contributed by atoms with van der Waals surface area (Å²) in [5.41, 5.74) is 2.64. The molecule has 4 heteroatoms. The van der Waals surface area contributed by atoms with E-state index in [2.05, 4.69) is 12.1 Å². The van der Waals surface area contributed by atoms with Crippen molar-refractivity contribution in [3.63, 3.8) is 0 Å². The summed E-state index contributed by atoms with van der Waals surface area (Å²) in [5, 5.41) is 0. The molecule has 1 unspecified atom stereocenters. The molecule has 0 radical (unpaired) electrons. The smallest absolute Gasteiger partial charge is 0.431 e. The quantitative estimate of drug-likeness (QED) is 0.474. The third-order valence-corrected chi connectivity index (χ3v) is 3.05. The Labute approximate surface area is 108 Å². The van der Waals surface area contributed by atoms with Crippen LogP contribution in [-0.2, 0) is 22.3 Å². The monoisotopic (exact) mass is 332 g/mol. The Kier molecular flexibility index (Phi) is 4.04. The highest BCUT2D eigenvalue weighted by Gasteiger charge is 2.21. The topological polar surface area (TPSA) is 35.5 Å². The molecular formula is C12H13IO3. The van der Waals surface area contributed by atoms with Crippen LogP contribution < -0.4 is 0 Å². The van der Waals surface area contributed by atoms with Crippen LogP contribution in [0.2, 0.25) is 0 Å². The summed E-state index contributed by atoms with van der Waals surface area (Å²) < 4.78 is 10.3. The minimum absolute atomic E-state index is 0.0367. The number of fused-ring (bicyclic) bond motifs is 1. The fourth-order valence-electron chi connectivity index (χ4n) is 1.98. The molecule has 2 rings (SSSR count). The van der Waals surface area contributed by atoms with Gasteiger partial charge in [-0.25, -0.2) is 4.79 Å². The maximum atomic E-state index is 11.2. The molecular weight excluding hydrogens is 319 g/mol. The number of ether oxygens (including phenoxy) is 2. The predicted molar refractivity (Wildman–Crippen MR) is 68.7 cm³/mol. The van der Waals surface area contributed by atoms with E-state index in [4.69, 9.17) is 9.47 Å². The van der Waals surface area contributed by atoms with Gasteiger partial charge < -0.3 is 9.47 Å². The van der Waals surface area contributed by atoms with Crippen LogP contribution in [0.4, 0.5) is 4.79 Å². The standard InChI is InChI=1S/C12H13IO3/c13-8-15-12(14)16-11-6-5-9-3-1-2-4-10(9)7-11/h1-4,11H,5-8H2. The minimum atomic E-state index is -0.557. The average Bonchev–Trinajstić information content (AvgIpc) is 2.29. The summed E-state index contributed by atoms with van der Waals surface area (Å²) >= 11 is 1.97. The van der Waals surface area contributed by atoms with E-state index < -0.39 is 6.16 Å². The molecule has 0 fully saturated rings. The molecule has 1 atom stereocenters. The van der Waals surface area contributed by atoms with E-state index in [1.165, 1.54) is 11.1 Å². The maximum Gasteiger partial charge on any atom is 0.509 e. The molecule has 0 heterocycles. The van der Waals surface area contributed by atoms with Crippen molar-refractivity contribution in [3.05, 3.63) is 35.4 Å². The zero-order chi connectivity index (χ0) is 11.4. The Morgan fingerprint density at radius 2 is 2.12 bits per heavy atom. The van der Waals surface area contributed by atoms with Gasteiger partial charge in [0, 0.05) is 6.42 Å². The number of carbonyl (C=O) groups is 1. The van der Waals surface area contributed by atoms with Crippen molar-refractivity contribution in [2.24, 2.45) is 0 Å². The van der Waals surface area contributed by atoms with Gasteiger partial charge in [-0.2, -0.15) is 0 Å². The van der Waals surface area contributed by atoms with Gasteiger partial charge in [0.05, 0.1) is 0 Å². The van der Waals surface area contributed by atoms with Crippen molar-refractivity contribution < 1.29 is 14.3 Å². The Balaban J connectivity index is 1.95. The number of hydrogen-bond acceptors (Lipinski definition) is 3. The van der Waals surface area contributed by atoms with Gasteiger partial charge in [-0.1, -0.05) is 24.3 Å². The van der Waals surface area contributed by atoms with Crippen LogP contribution in [0.25, 0.3) is 0 Å². The Bertz CT molecular complexity index is 378. The Hall–Kier alpha value is -0.780. The lowest BCUT2D eigenvalue weighted by Gasteiger charge is -2.23. The van der Waals surface area contributed by atoms with Crippen LogP contribution in [0.15, 0.2) is 24.3 Å². The predicted octanol–water partition coefficient (Wildman–Crippen LogP) is 3.09. The van der Waals surface area contributed by atoms with E-state index in [0.717, 1.165) is 19.3 Å². The largest absolute Gasteiger partial charge is 0.509 e. The van der Waals surface area contributed by atoms with Gasteiger partial charge in [-0.05, 0) is 46.6 Å². The van der Waals surface area contributed by atoms with Crippen molar-refractivity contribution >= 4 is 28.7 Å². The first-order chi connectivity index (χ1) is 7.79. The molecule has 1 aliphatic rings. The molecule has 0 amide bonds. The van der Waals surface area contributed by atoms with E-state index in [0.29, 0.717) is 4.61 Å². The first kappa shape index (κ1) is 11.7. The lowest BCUT2D eigenvalue weighted by molar-refractivity contribution is 0.0306. The summed E-state index contributed by atoms with van der Waals surface area (Å²) in [4.78, 5) is 11.2. The zero-order valence-corrected chi connectivity index (χ0v) is 11.0. The van der Waals surface area contributed by atoms with Gasteiger partial charge >= 0.3 is 6.16 Å². The molecule has 0 N–H and O–H groups in total. The van der Waals surface area contributed by atoms with Crippen LogP contribution in [0.3, 0.4) is 0 Å². The van der Waals surface area contributed by atoms with Gasteiger partial charge in [0.15, 0.2) is 0 Å². The number of carbonyl (C=O) groups excluding carboxylic acids is 1. The second-order valence-corrected chi connectivity index (χ2v) is 4.38. The first-order valence-electron chi connectivity index (χ1n) is 5.25. The number of benzene rings is 1. The van der Waals surface area contributed by atoms with Crippen LogP contribution in [0, 0.1) is 0 Å². The van der Waals surface area contributed by atoms with Crippen LogP contribution in [-0.4, -0.2) is 16.9 Å². The number of aryl methyl sites for hydroxylation is 1. The summed E-state index contributed by atoms with van der Waals surface area (Å²) in [6.07, 6.45) is 2.06. The van der Waals surface area contributed by atoms with Crippen molar-refractivity contribution in [1.29, 1.82) is 0 Å². The molecule has 86 valence electrons. The van der Waals surface area contributed by atoms with E-state index in [9.17, 15) is 4.79 Å².